The minimum Gasteiger partial charge on any atom is -0.496 e. The smallest absolute Gasteiger partial charge is 0.130 e. The van der Waals surface area contributed by atoms with Gasteiger partial charge in [0, 0.05) is 15.6 Å². The fourth-order valence-electron chi connectivity index (χ4n) is 1.36. The molecule has 0 aliphatic heterocycles. The van der Waals surface area contributed by atoms with Gasteiger partial charge < -0.3 is 4.74 Å². The number of hydrogen-bond donors (Lipinski definition) is 0. The zero-order valence-electron chi connectivity index (χ0n) is 7.95. The maximum atomic E-state index is 13.2. The molecule has 0 aromatic heterocycles. The normalized spacial score (nSPS) is 10.2. The Morgan fingerprint density at radius 1 is 1.54 bits per heavy atom. The lowest BCUT2D eigenvalue weighted by molar-refractivity contribution is 0.402. The van der Waals surface area contributed by atoms with E-state index in [0.29, 0.717) is 11.3 Å². The topological polar surface area (TPSA) is 9.23 Å². The van der Waals surface area contributed by atoms with Gasteiger partial charge in [0.1, 0.15) is 11.6 Å². The number of halogens is 2. The Morgan fingerprint density at radius 3 is 2.62 bits per heavy atom. The molecule has 0 unspecified atom stereocenters. The minimum absolute atomic E-state index is 0.235. The van der Waals surface area contributed by atoms with Crippen LogP contribution in [-0.2, 0) is 6.42 Å². The van der Waals surface area contributed by atoms with Crippen molar-refractivity contribution in [1.82, 2.24) is 0 Å². The molecular formula is C10H12BrFO. The molecule has 13 heavy (non-hydrogen) atoms. The van der Waals surface area contributed by atoms with Crippen molar-refractivity contribution >= 4 is 15.9 Å². The molecule has 0 N–H and O–H groups in total. The Labute approximate surface area is 86.0 Å². The monoisotopic (exact) mass is 246 g/mol. The molecule has 0 spiro atoms. The van der Waals surface area contributed by atoms with Crippen LogP contribution < -0.4 is 4.74 Å². The Morgan fingerprint density at radius 2 is 2.15 bits per heavy atom. The second-order valence-electron chi connectivity index (χ2n) is 2.83. The Bertz CT molecular complexity index is 323. The van der Waals surface area contributed by atoms with Gasteiger partial charge in [-0.2, -0.15) is 0 Å². The number of methoxy groups -OCH3 is 1. The second-order valence-corrected chi connectivity index (χ2v) is 3.68. The number of benzene rings is 1. The van der Waals surface area contributed by atoms with Gasteiger partial charge in [-0.05, 0) is 19.4 Å². The van der Waals surface area contributed by atoms with Gasteiger partial charge in [0.25, 0.3) is 0 Å². The third-order valence-electron chi connectivity index (χ3n) is 2.07. The number of ether oxygens (including phenoxy) is 1. The van der Waals surface area contributed by atoms with E-state index in [1.165, 1.54) is 6.07 Å². The third kappa shape index (κ3) is 1.85. The molecule has 0 amide bonds. The van der Waals surface area contributed by atoms with E-state index in [9.17, 15) is 4.39 Å². The van der Waals surface area contributed by atoms with Gasteiger partial charge >= 0.3 is 0 Å². The van der Waals surface area contributed by atoms with Crippen LogP contribution >= 0.6 is 15.9 Å². The third-order valence-corrected chi connectivity index (χ3v) is 2.78. The molecule has 0 saturated heterocycles. The van der Waals surface area contributed by atoms with E-state index in [-0.39, 0.29) is 5.82 Å². The molecule has 0 radical (unpaired) electrons. The maximum absolute atomic E-state index is 13.2. The van der Waals surface area contributed by atoms with Crippen molar-refractivity contribution in [1.29, 1.82) is 0 Å². The zero-order valence-corrected chi connectivity index (χ0v) is 9.53. The fraction of sp³-hybridized carbons (Fsp3) is 0.400. The summed E-state index contributed by atoms with van der Waals surface area (Å²) < 4.78 is 19.2. The Kier molecular flexibility index (Phi) is 3.31. The maximum Gasteiger partial charge on any atom is 0.130 e. The van der Waals surface area contributed by atoms with Crippen molar-refractivity contribution in [2.45, 2.75) is 20.3 Å². The first-order valence-corrected chi connectivity index (χ1v) is 4.92. The van der Waals surface area contributed by atoms with Gasteiger partial charge in [0.2, 0.25) is 0 Å². The van der Waals surface area contributed by atoms with Crippen LogP contribution in [0.4, 0.5) is 4.39 Å². The first-order valence-electron chi connectivity index (χ1n) is 4.13. The van der Waals surface area contributed by atoms with Crippen LogP contribution in [0.25, 0.3) is 0 Å². The molecule has 0 bridgehead atoms. The summed E-state index contributed by atoms with van der Waals surface area (Å²) in [6.45, 7) is 3.74. The molecule has 0 aliphatic carbocycles. The predicted octanol–water partition coefficient (Wildman–Crippen LogP) is 3.47. The molecule has 3 heteroatoms. The molecular weight excluding hydrogens is 235 g/mol. The van der Waals surface area contributed by atoms with Gasteiger partial charge in [-0.25, -0.2) is 4.39 Å². The van der Waals surface area contributed by atoms with Crippen molar-refractivity contribution in [3.8, 4) is 5.75 Å². The van der Waals surface area contributed by atoms with Crippen LogP contribution in [0.2, 0.25) is 0 Å². The lowest BCUT2D eigenvalue weighted by Crippen LogP contribution is -1.97. The van der Waals surface area contributed by atoms with Gasteiger partial charge in [0.05, 0.1) is 7.11 Å². The molecule has 0 fully saturated rings. The van der Waals surface area contributed by atoms with E-state index in [2.05, 4.69) is 15.9 Å². The van der Waals surface area contributed by atoms with Crippen LogP contribution in [-0.4, -0.2) is 7.11 Å². The summed E-state index contributed by atoms with van der Waals surface area (Å²) in [4.78, 5) is 0. The minimum atomic E-state index is -0.235. The first kappa shape index (κ1) is 10.5. The summed E-state index contributed by atoms with van der Waals surface area (Å²) >= 11 is 3.31. The van der Waals surface area contributed by atoms with Gasteiger partial charge in [-0.15, -0.1) is 0 Å². The fourth-order valence-corrected chi connectivity index (χ4v) is 2.02. The van der Waals surface area contributed by atoms with Gasteiger partial charge in [-0.3, -0.25) is 0 Å². The summed E-state index contributed by atoms with van der Waals surface area (Å²) in [5.74, 6) is 0.412. The summed E-state index contributed by atoms with van der Waals surface area (Å²) in [6.07, 6.45) is 0.824. The summed E-state index contributed by atoms with van der Waals surface area (Å²) in [5.41, 5.74) is 1.59. The lowest BCUT2D eigenvalue weighted by atomic mass is 10.1. The average Bonchev–Trinajstić information content (AvgIpc) is 2.10. The van der Waals surface area contributed by atoms with E-state index in [1.807, 2.05) is 6.92 Å². The molecule has 0 aliphatic rings. The van der Waals surface area contributed by atoms with E-state index < -0.39 is 0 Å². The molecule has 1 rings (SSSR count). The van der Waals surface area contributed by atoms with E-state index >= 15 is 0 Å². The van der Waals surface area contributed by atoms with Crippen LogP contribution in [0, 0.1) is 12.7 Å². The van der Waals surface area contributed by atoms with Crippen molar-refractivity contribution in [2.24, 2.45) is 0 Å². The van der Waals surface area contributed by atoms with Gasteiger partial charge in [-0.1, -0.05) is 22.9 Å². The number of hydrogen-bond acceptors (Lipinski definition) is 1. The zero-order chi connectivity index (χ0) is 10.0. The molecule has 0 saturated carbocycles. The molecule has 0 heterocycles. The van der Waals surface area contributed by atoms with Crippen molar-refractivity contribution in [3.05, 3.63) is 27.5 Å². The van der Waals surface area contributed by atoms with Crippen molar-refractivity contribution in [3.63, 3.8) is 0 Å². The standard InChI is InChI=1S/C10H12BrFO/c1-4-7-8(11)5-9(12)6(2)10(7)13-3/h5H,4H2,1-3H3. The molecule has 1 nitrogen and oxygen atoms in total. The average molecular weight is 247 g/mol. The second kappa shape index (κ2) is 4.09. The molecule has 1 aromatic rings. The first-order chi connectivity index (χ1) is 6.11. The SMILES string of the molecule is CCc1c(Br)cc(F)c(C)c1OC. The highest BCUT2D eigenvalue weighted by Crippen LogP contribution is 2.32. The highest BCUT2D eigenvalue weighted by molar-refractivity contribution is 9.10. The summed E-state index contributed by atoms with van der Waals surface area (Å²) in [6, 6.07) is 1.48. The summed E-state index contributed by atoms with van der Waals surface area (Å²) in [5, 5.41) is 0. The predicted molar refractivity (Wildman–Crippen MR) is 54.8 cm³/mol. The molecule has 1 aromatic carbocycles. The lowest BCUT2D eigenvalue weighted by Gasteiger charge is -2.12. The van der Waals surface area contributed by atoms with Crippen LogP contribution in [0.1, 0.15) is 18.1 Å². The number of rotatable bonds is 2. The van der Waals surface area contributed by atoms with Crippen molar-refractivity contribution in [2.75, 3.05) is 7.11 Å². The van der Waals surface area contributed by atoms with Crippen LogP contribution in [0.3, 0.4) is 0 Å². The van der Waals surface area contributed by atoms with E-state index in [4.69, 9.17) is 4.74 Å². The Balaban J connectivity index is 3.41. The largest absolute Gasteiger partial charge is 0.496 e. The quantitative estimate of drug-likeness (QED) is 0.777. The Hall–Kier alpha value is -0.570. The summed E-state index contributed by atoms with van der Waals surface area (Å²) in [7, 11) is 1.56. The van der Waals surface area contributed by atoms with Crippen molar-refractivity contribution < 1.29 is 9.13 Å². The molecule has 0 atom stereocenters. The highest BCUT2D eigenvalue weighted by atomic mass is 79.9. The van der Waals surface area contributed by atoms with Crippen LogP contribution in [0.15, 0.2) is 10.5 Å². The van der Waals surface area contributed by atoms with E-state index in [0.717, 1.165) is 16.5 Å². The van der Waals surface area contributed by atoms with Gasteiger partial charge in [0.15, 0.2) is 0 Å². The van der Waals surface area contributed by atoms with Crippen LogP contribution in [0.5, 0.6) is 5.75 Å². The highest BCUT2D eigenvalue weighted by Gasteiger charge is 2.12. The van der Waals surface area contributed by atoms with E-state index in [1.54, 1.807) is 14.0 Å². The molecule has 72 valence electrons.